The molecule has 0 atom stereocenters. The maximum Gasteiger partial charge on any atom is 0.439 e. The molecule has 7 heteroatoms. The monoisotopic (exact) mass is 202 g/mol. The third kappa shape index (κ3) is 1.90. The summed E-state index contributed by atoms with van der Waals surface area (Å²) >= 11 is 0. The van der Waals surface area contributed by atoms with Crippen molar-refractivity contribution in [1.82, 2.24) is 0 Å². The van der Waals surface area contributed by atoms with Crippen LogP contribution >= 0.6 is 0 Å². The lowest BCUT2D eigenvalue weighted by molar-refractivity contribution is -0.153. The number of carboxylic acid groups (broad SMARTS) is 1. The highest BCUT2D eigenvalue weighted by Gasteiger charge is 2.52. The van der Waals surface area contributed by atoms with Gasteiger partial charge in [0.2, 0.25) is 9.84 Å². The topological polar surface area (TPSA) is 71.4 Å². The third-order valence-electron chi connectivity index (χ3n) is 1.11. The standard InChI is InChI=1S/C5H8F2O4S/c1-2-3-12(10,11)5(6,7)4(8)9/h2-3H2,1H3,(H,8,9). The Morgan fingerprint density at radius 3 is 2.17 bits per heavy atom. The number of carbonyl (C=O) groups is 1. The number of sulfone groups is 1. The van der Waals surface area contributed by atoms with Gasteiger partial charge >= 0.3 is 11.2 Å². The van der Waals surface area contributed by atoms with Crippen LogP contribution in [0.2, 0.25) is 0 Å². The lowest BCUT2D eigenvalue weighted by Gasteiger charge is -2.10. The molecule has 0 fully saturated rings. The summed E-state index contributed by atoms with van der Waals surface area (Å²) in [7, 11) is -4.84. The molecule has 4 nitrogen and oxygen atoms in total. The van der Waals surface area contributed by atoms with Crippen molar-refractivity contribution >= 4 is 15.8 Å². The molecule has 12 heavy (non-hydrogen) atoms. The van der Waals surface area contributed by atoms with Crippen molar-refractivity contribution in [2.75, 3.05) is 5.75 Å². The Bertz CT molecular complexity index is 269. The van der Waals surface area contributed by atoms with Crippen LogP contribution in [0.25, 0.3) is 0 Å². The van der Waals surface area contributed by atoms with E-state index in [1.54, 1.807) is 0 Å². The molecule has 72 valence electrons. The minimum Gasteiger partial charge on any atom is -0.476 e. The van der Waals surface area contributed by atoms with E-state index in [2.05, 4.69) is 0 Å². The van der Waals surface area contributed by atoms with Crippen LogP contribution in [-0.2, 0) is 14.6 Å². The van der Waals surface area contributed by atoms with Crippen LogP contribution < -0.4 is 0 Å². The summed E-state index contributed by atoms with van der Waals surface area (Å²) in [5.41, 5.74) is 0. The molecule has 0 radical (unpaired) electrons. The molecule has 0 aromatic heterocycles. The third-order valence-corrected chi connectivity index (χ3v) is 3.01. The molecule has 0 rings (SSSR count). The van der Waals surface area contributed by atoms with Gasteiger partial charge in [-0.3, -0.25) is 0 Å². The Morgan fingerprint density at radius 1 is 1.50 bits per heavy atom. The highest BCUT2D eigenvalue weighted by molar-refractivity contribution is 7.93. The first-order valence-corrected chi connectivity index (χ1v) is 4.74. The molecule has 0 aliphatic carbocycles. The van der Waals surface area contributed by atoms with Crippen molar-refractivity contribution < 1.29 is 27.1 Å². The maximum atomic E-state index is 12.3. The second-order valence-corrected chi connectivity index (χ2v) is 4.29. The van der Waals surface area contributed by atoms with Gasteiger partial charge in [0.15, 0.2) is 0 Å². The van der Waals surface area contributed by atoms with Gasteiger partial charge in [0, 0.05) is 0 Å². The Hall–Kier alpha value is -0.720. The molecular weight excluding hydrogens is 194 g/mol. The lowest BCUT2D eigenvalue weighted by atomic mass is 10.6. The molecule has 0 unspecified atom stereocenters. The van der Waals surface area contributed by atoms with Gasteiger partial charge in [-0.05, 0) is 6.42 Å². The van der Waals surface area contributed by atoms with Gasteiger partial charge in [-0.2, -0.15) is 8.78 Å². The zero-order chi connectivity index (χ0) is 9.99. The zero-order valence-electron chi connectivity index (χ0n) is 6.25. The summed E-state index contributed by atoms with van der Waals surface area (Å²) in [6.07, 6.45) is -0.0365. The lowest BCUT2D eigenvalue weighted by Crippen LogP contribution is -2.39. The van der Waals surface area contributed by atoms with Crippen LogP contribution in [0.1, 0.15) is 13.3 Å². The first-order valence-electron chi connectivity index (χ1n) is 3.09. The van der Waals surface area contributed by atoms with E-state index in [-0.39, 0.29) is 6.42 Å². The first-order chi connectivity index (χ1) is 5.25. The quantitative estimate of drug-likeness (QED) is 0.720. The first kappa shape index (κ1) is 11.3. The molecule has 0 bridgehead atoms. The molecule has 0 saturated heterocycles. The number of alkyl halides is 2. The fourth-order valence-electron chi connectivity index (χ4n) is 0.530. The Kier molecular flexibility index (Phi) is 3.14. The van der Waals surface area contributed by atoms with E-state index >= 15 is 0 Å². The zero-order valence-corrected chi connectivity index (χ0v) is 7.07. The van der Waals surface area contributed by atoms with Crippen molar-refractivity contribution in [2.24, 2.45) is 0 Å². The molecule has 0 amide bonds. The summed E-state index contributed by atoms with van der Waals surface area (Å²) in [6.45, 7) is 1.37. The SMILES string of the molecule is CCCS(=O)(=O)C(F)(F)C(=O)O. The number of hydrogen-bond donors (Lipinski definition) is 1. The van der Waals surface area contributed by atoms with E-state index < -0.39 is 26.8 Å². The summed E-state index contributed by atoms with van der Waals surface area (Å²) in [6, 6.07) is 0. The predicted molar refractivity (Wildman–Crippen MR) is 36.7 cm³/mol. The molecule has 0 aromatic rings. The molecule has 1 N–H and O–H groups in total. The summed E-state index contributed by atoms with van der Waals surface area (Å²) in [4.78, 5) is 9.81. The highest BCUT2D eigenvalue weighted by atomic mass is 32.2. The number of carboxylic acids is 1. The van der Waals surface area contributed by atoms with Crippen molar-refractivity contribution in [3.63, 3.8) is 0 Å². The molecule has 0 saturated carbocycles. The van der Waals surface area contributed by atoms with Crippen LogP contribution in [-0.4, -0.2) is 30.5 Å². The Balaban J connectivity index is 4.90. The van der Waals surface area contributed by atoms with Gasteiger partial charge in [0.05, 0.1) is 5.75 Å². The average molecular weight is 202 g/mol. The van der Waals surface area contributed by atoms with E-state index in [1.165, 1.54) is 6.92 Å². The van der Waals surface area contributed by atoms with E-state index in [0.29, 0.717) is 0 Å². The van der Waals surface area contributed by atoms with E-state index in [0.717, 1.165) is 0 Å². The Morgan fingerprint density at radius 2 is 1.92 bits per heavy atom. The second kappa shape index (κ2) is 3.34. The molecule has 0 spiro atoms. The molecular formula is C5H8F2O4S. The van der Waals surface area contributed by atoms with Gasteiger partial charge in [0.25, 0.3) is 0 Å². The van der Waals surface area contributed by atoms with Gasteiger partial charge in [-0.1, -0.05) is 6.92 Å². The Labute approximate surface area is 68.1 Å². The van der Waals surface area contributed by atoms with E-state index in [9.17, 15) is 22.0 Å². The normalized spacial score (nSPS) is 12.9. The van der Waals surface area contributed by atoms with Crippen LogP contribution in [0.5, 0.6) is 0 Å². The number of halogens is 2. The number of rotatable bonds is 4. The van der Waals surface area contributed by atoms with Crippen LogP contribution in [0.15, 0.2) is 0 Å². The van der Waals surface area contributed by atoms with Crippen LogP contribution in [0.4, 0.5) is 8.78 Å². The van der Waals surface area contributed by atoms with Crippen LogP contribution in [0, 0.1) is 0 Å². The predicted octanol–water partition coefficient (Wildman–Crippen LogP) is 0.489. The van der Waals surface area contributed by atoms with Crippen molar-refractivity contribution in [2.45, 2.75) is 18.6 Å². The molecule has 0 aliphatic heterocycles. The number of aliphatic carboxylic acids is 1. The van der Waals surface area contributed by atoms with Crippen molar-refractivity contribution in [1.29, 1.82) is 0 Å². The highest BCUT2D eigenvalue weighted by Crippen LogP contribution is 2.23. The molecule has 0 heterocycles. The van der Waals surface area contributed by atoms with Crippen molar-refractivity contribution in [3.8, 4) is 0 Å². The largest absolute Gasteiger partial charge is 0.476 e. The summed E-state index contributed by atoms with van der Waals surface area (Å²) in [5.74, 6) is -3.46. The van der Waals surface area contributed by atoms with Crippen LogP contribution in [0.3, 0.4) is 0 Å². The summed E-state index contributed by atoms with van der Waals surface area (Å²) < 4.78 is 45.8. The van der Waals surface area contributed by atoms with E-state index in [1.807, 2.05) is 0 Å². The average Bonchev–Trinajstić information content (AvgIpc) is 1.86. The van der Waals surface area contributed by atoms with E-state index in [4.69, 9.17) is 5.11 Å². The number of hydrogen-bond acceptors (Lipinski definition) is 3. The second-order valence-electron chi connectivity index (χ2n) is 2.14. The van der Waals surface area contributed by atoms with Gasteiger partial charge in [-0.15, -0.1) is 0 Å². The maximum absolute atomic E-state index is 12.3. The van der Waals surface area contributed by atoms with Gasteiger partial charge < -0.3 is 5.11 Å². The fourth-order valence-corrected chi connectivity index (χ4v) is 1.59. The van der Waals surface area contributed by atoms with Crippen molar-refractivity contribution in [3.05, 3.63) is 0 Å². The van der Waals surface area contributed by atoms with Gasteiger partial charge in [0.1, 0.15) is 0 Å². The molecule has 0 aromatic carbocycles. The molecule has 0 aliphatic rings. The summed E-state index contributed by atoms with van der Waals surface area (Å²) in [5, 5.41) is 3.21. The minimum atomic E-state index is -4.84. The van der Waals surface area contributed by atoms with Gasteiger partial charge in [-0.25, -0.2) is 13.2 Å². The fraction of sp³-hybridized carbons (Fsp3) is 0.800. The minimum absolute atomic E-state index is 0.0365. The smallest absolute Gasteiger partial charge is 0.439 e.